The van der Waals surface area contributed by atoms with Crippen molar-refractivity contribution in [2.75, 3.05) is 6.54 Å². The molecule has 0 atom stereocenters. The Labute approximate surface area is 62.3 Å². The zero-order valence-electron chi connectivity index (χ0n) is 4.70. The largest absolute Gasteiger partial charge is 0.287 e. The molecule has 46 valence electrons. The summed E-state index contributed by atoms with van der Waals surface area (Å²) in [7, 11) is 0. The Hall–Kier alpha value is -0.150. The van der Waals surface area contributed by atoms with E-state index in [0.29, 0.717) is 0 Å². The second-order valence-corrected chi connectivity index (χ2v) is 3.71. The van der Waals surface area contributed by atoms with Gasteiger partial charge in [-0.2, -0.15) is 0 Å². The summed E-state index contributed by atoms with van der Waals surface area (Å²) < 4.78 is 0. The van der Waals surface area contributed by atoms with Crippen LogP contribution in [0, 0.1) is 0 Å². The smallest absolute Gasteiger partial charge is 0.0714 e. The standard InChI is InChI=1S/C6H5NS2/c1-2-9-6-4-7-3-5(6)8-1/h1-3H,4H2. The molecule has 2 aliphatic rings. The summed E-state index contributed by atoms with van der Waals surface area (Å²) in [6, 6.07) is 0. The number of nitrogens with zero attached hydrogens (tertiary/aromatic N) is 1. The van der Waals surface area contributed by atoms with Crippen LogP contribution in [0.1, 0.15) is 0 Å². The number of thioether (sulfide) groups is 2. The van der Waals surface area contributed by atoms with Crippen molar-refractivity contribution in [2.24, 2.45) is 4.99 Å². The van der Waals surface area contributed by atoms with Crippen LogP contribution in [0.3, 0.4) is 0 Å². The van der Waals surface area contributed by atoms with Gasteiger partial charge in [-0.3, -0.25) is 4.99 Å². The van der Waals surface area contributed by atoms with Gasteiger partial charge in [0.25, 0.3) is 0 Å². The fourth-order valence-corrected chi connectivity index (χ4v) is 2.46. The molecule has 2 rings (SSSR count). The van der Waals surface area contributed by atoms with E-state index in [2.05, 4.69) is 15.8 Å². The Morgan fingerprint density at radius 3 is 3.11 bits per heavy atom. The lowest BCUT2D eigenvalue weighted by Gasteiger charge is -2.03. The minimum Gasteiger partial charge on any atom is -0.287 e. The van der Waals surface area contributed by atoms with Gasteiger partial charge < -0.3 is 0 Å². The molecule has 2 aliphatic heterocycles. The highest BCUT2D eigenvalue weighted by Gasteiger charge is 2.11. The third kappa shape index (κ3) is 0.946. The van der Waals surface area contributed by atoms with Crippen LogP contribution >= 0.6 is 23.5 Å². The molecule has 0 fully saturated rings. The maximum Gasteiger partial charge on any atom is 0.0714 e. The molecule has 3 heteroatoms. The molecular formula is C6H5NS2. The van der Waals surface area contributed by atoms with Crippen LogP contribution in [0.4, 0.5) is 0 Å². The highest BCUT2D eigenvalue weighted by atomic mass is 32.2. The maximum absolute atomic E-state index is 4.15. The number of allylic oxidation sites excluding steroid dienone is 1. The maximum atomic E-state index is 4.15. The van der Waals surface area contributed by atoms with Crippen LogP contribution in [0.15, 0.2) is 25.6 Å². The van der Waals surface area contributed by atoms with E-state index >= 15 is 0 Å². The highest BCUT2D eigenvalue weighted by molar-refractivity contribution is 8.13. The molecule has 0 radical (unpaired) electrons. The van der Waals surface area contributed by atoms with Crippen LogP contribution in [0.2, 0.25) is 0 Å². The van der Waals surface area contributed by atoms with Gasteiger partial charge in [-0.05, 0) is 10.8 Å². The summed E-state index contributed by atoms with van der Waals surface area (Å²) in [5.41, 5.74) is 0. The van der Waals surface area contributed by atoms with Gasteiger partial charge in [0.2, 0.25) is 0 Å². The zero-order chi connectivity index (χ0) is 6.10. The fourth-order valence-electron chi connectivity index (χ4n) is 0.764. The molecule has 0 unspecified atom stereocenters. The van der Waals surface area contributed by atoms with Crippen molar-refractivity contribution in [3.05, 3.63) is 20.6 Å². The molecule has 2 heterocycles. The summed E-state index contributed by atoms with van der Waals surface area (Å²) in [5, 5.41) is 4.21. The number of hydrogen-bond donors (Lipinski definition) is 0. The van der Waals surface area contributed by atoms with Gasteiger partial charge in [-0.15, -0.1) is 0 Å². The van der Waals surface area contributed by atoms with Gasteiger partial charge >= 0.3 is 0 Å². The molecule has 0 aromatic heterocycles. The first-order valence-corrected chi connectivity index (χ1v) is 4.44. The summed E-state index contributed by atoms with van der Waals surface area (Å²) >= 11 is 3.55. The average molecular weight is 155 g/mol. The molecule has 0 spiro atoms. The molecule has 9 heavy (non-hydrogen) atoms. The molecule has 0 aromatic rings. The molecular weight excluding hydrogens is 150 g/mol. The summed E-state index contributed by atoms with van der Waals surface area (Å²) in [5.74, 6) is 0. The van der Waals surface area contributed by atoms with Crippen molar-refractivity contribution in [1.82, 2.24) is 0 Å². The average Bonchev–Trinajstić information content (AvgIpc) is 2.33. The Morgan fingerprint density at radius 2 is 2.22 bits per heavy atom. The van der Waals surface area contributed by atoms with Gasteiger partial charge in [0.1, 0.15) is 0 Å². The van der Waals surface area contributed by atoms with Crippen molar-refractivity contribution in [2.45, 2.75) is 0 Å². The van der Waals surface area contributed by atoms with Crippen molar-refractivity contribution in [3.63, 3.8) is 0 Å². The van der Waals surface area contributed by atoms with Crippen LogP contribution in [0.25, 0.3) is 0 Å². The molecule has 0 saturated carbocycles. The van der Waals surface area contributed by atoms with E-state index in [0.717, 1.165) is 6.54 Å². The lowest BCUT2D eigenvalue weighted by atomic mass is 10.6. The summed E-state index contributed by atoms with van der Waals surface area (Å²) in [4.78, 5) is 6.89. The van der Waals surface area contributed by atoms with Gasteiger partial charge in [0, 0.05) is 16.0 Å². The van der Waals surface area contributed by atoms with Gasteiger partial charge in [0.05, 0.1) is 6.54 Å². The fraction of sp³-hybridized carbons (Fsp3) is 0.167. The van der Waals surface area contributed by atoms with E-state index in [1.54, 1.807) is 23.5 Å². The van der Waals surface area contributed by atoms with Crippen molar-refractivity contribution >= 4 is 29.7 Å². The van der Waals surface area contributed by atoms with Crippen molar-refractivity contribution in [1.29, 1.82) is 0 Å². The highest BCUT2D eigenvalue weighted by Crippen LogP contribution is 2.36. The van der Waals surface area contributed by atoms with E-state index in [9.17, 15) is 0 Å². The monoisotopic (exact) mass is 155 g/mol. The van der Waals surface area contributed by atoms with Crippen molar-refractivity contribution in [3.8, 4) is 0 Å². The van der Waals surface area contributed by atoms with E-state index in [4.69, 9.17) is 0 Å². The second kappa shape index (κ2) is 2.23. The van der Waals surface area contributed by atoms with E-state index < -0.39 is 0 Å². The molecule has 0 aromatic carbocycles. The first-order valence-electron chi connectivity index (χ1n) is 2.68. The summed E-state index contributed by atoms with van der Waals surface area (Å²) in [6.45, 7) is 0.900. The first-order chi connectivity index (χ1) is 4.47. The van der Waals surface area contributed by atoms with E-state index in [-0.39, 0.29) is 0 Å². The molecule has 0 amide bonds. The molecule has 0 bridgehead atoms. The number of rotatable bonds is 0. The quantitative estimate of drug-likeness (QED) is 0.532. The predicted molar refractivity (Wildman–Crippen MR) is 44.7 cm³/mol. The Balaban J connectivity index is 2.28. The van der Waals surface area contributed by atoms with E-state index in [1.807, 2.05) is 6.21 Å². The minimum absolute atomic E-state index is 0.900. The van der Waals surface area contributed by atoms with Crippen LogP contribution in [-0.2, 0) is 0 Å². The minimum atomic E-state index is 0.900. The first kappa shape index (κ1) is 5.62. The van der Waals surface area contributed by atoms with Crippen LogP contribution in [0.5, 0.6) is 0 Å². The second-order valence-electron chi connectivity index (χ2n) is 1.77. The molecule has 0 N–H and O–H groups in total. The molecule has 1 nitrogen and oxygen atoms in total. The number of aliphatic imine (C=N–C) groups is 1. The Morgan fingerprint density at radius 1 is 1.33 bits per heavy atom. The SMILES string of the molecule is C1=CSC2=C(C=NC2)S1. The predicted octanol–water partition coefficient (Wildman–Crippen LogP) is 2.23. The number of hydrogen-bond acceptors (Lipinski definition) is 3. The topological polar surface area (TPSA) is 12.4 Å². The van der Waals surface area contributed by atoms with Crippen LogP contribution in [-0.4, -0.2) is 12.8 Å². The molecule has 0 saturated heterocycles. The third-order valence-corrected chi connectivity index (χ3v) is 3.26. The Kier molecular flexibility index (Phi) is 1.39. The van der Waals surface area contributed by atoms with E-state index in [1.165, 1.54) is 9.81 Å². The lowest BCUT2D eigenvalue weighted by molar-refractivity contribution is 1.27. The summed E-state index contributed by atoms with van der Waals surface area (Å²) in [6.07, 6.45) is 1.95. The van der Waals surface area contributed by atoms with Gasteiger partial charge in [-0.1, -0.05) is 23.5 Å². The zero-order valence-corrected chi connectivity index (χ0v) is 6.34. The van der Waals surface area contributed by atoms with Gasteiger partial charge in [-0.25, -0.2) is 0 Å². The normalized spacial score (nSPS) is 23.1. The molecule has 0 aliphatic carbocycles. The van der Waals surface area contributed by atoms with Crippen molar-refractivity contribution < 1.29 is 0 Å². The van der Waals surface area contributed by atoms with Crippen LogP contribution < -0.4 is 0 Å². The third-order valence-electron chi connectivity index (χ3n) is 1.18. The lowest BCUT2D eigenvalue weighted by Crippen LogP contribution is -1.81. The van der Waals surface area contributed by atoms with Gasteiger partial charge in [0.15, 0.2) is 0 Å². The Bertz CT molecular complexity index is 215.